The molecule has 0 unspecified atom stereocenters. The minimum Gasteiger partial charge on any atom is -0.402 e. The van der Waals surface area contributed by atoms with Crippen LogP contribution in [0.1, 0.15) is 11.1 Å². The van der Waals surface area contributed by atoms with Crippen molar-refractivity contribution < 1.29 is 23.2 Å². The van der Waals surface area contributed by atoms with Gasteiger partial charge in [0.2, 0.25) is 5.90 Å². The normalized spacial score (nSPS) is 15.2. The second kappa shape index (κ2) is 6.40. The maximum Gasteiger partial charge on any atom is 0.363 e. The number of halogens is 3. The summed E-state index contributed by atoms with van der Waals surface area (Å²) in [4.78, 5) is 26.0. The molecule has 1 heterocycles. The summed E-state index contributed by atoms with van der Waals surface area (Å²) in [6, 6.07) is 7.03. The minimum absolute atomic E-state index is 0.0867. The van der Waals surface area contributed by atoms with Crippen molar-refractivity contribution in [2.24, 2.45) is 4.99 Å². The highest BCUT2D eigenvalue weighted by atomic mass is 35.5. The number of benzene rings is 2. The predicted octanol–water partition coefficient (Wildman–Crippen LogP) is 3.87. The minimum atomic E-state index is -1.17. The van der Waals surface area contributed by atoms with Crippen LogP contribution in [-0.4, -0.2) is 16.8 Å². The first-order valence-corrected chi connectivity index (χ1v) is 7.15. The van der Waals surface area contributed by atoms with E-state index in [0.717, 1.165) is 12.1 Å². The van der Waals surface area contributed by atoms with E-state index in [0.29, 0.717) is 5.56 Å². The second-order valence-corrected chi connectivity index (χ2v) is 5.34. The molecule has 2 aromatic rings. The van der Waals surface area contributed by atoms with Crippen molar-refractivity contribution >= 4 is 35.2 Å². The monoisotopic (exact) mass is 364 g/mol. The number of aliphatic imine (C=N–C) groups is 1. The fourth-order valence-corrected chi connectivity index (χ4v) is 2.33. The first-order chi connectivity index (χ1) is 11.8. The molecule has 0 N–H and O–H groups in total. The van der Waals surface area contributed by atoms with Crippen LogP contribution in [0.3, 0.4) is 0 Å². The molecule has 0 aliphatic carbocycles. The number of carbonyl (C=O) groups excluding carboxylic acids is 1. The molecule has 0 saturated carbocycles. The highest BCUT2D eigenvalue weighted by Crippen LogP contribution is 2.26. The van der Waals surface area contributed by atoms with E-state index in [1.165, 1.54) is 30.3 Å². The molecule has 0 atom stereocenters. The van der Waals surface area contributed by atoms with Gasteiger partial charge in [-0.3, -0.25) is 10.1 Å². The van der Waals surface area contributed by atoms with Crippen molar-refractivity contribution in [3.05, 3.63) is 80.0 Å². The first kappa shape index (κ1) is 16.7. The number of nitro groups is 1. The van der Waals surface area contributed by atoms with E-state index in [2.05, 4.69) is 4.99 Å². The van der Waals surface area contributed by atoms with Crippen molar-refractivity contribution in [1.82, 2.24) is 0 Å². The van der Waals surface area contributed by atoms with E-state index >= 15 is 0 Å². The lowest BCUT2D eigenvalue weighted by Crippen LogP contribution is -2.07. The van der Waals surface area contributed by atoms with Crippen molar-refractivity contribution in [3.8, 4) is 0 Å². The van der Waals surface area contributed by atoms with Gasteiger partial charge in [0, 0.05) is 12.1 Å². The van der Waals surface area contributed by atoms with E-state index in [4.69, 9.17) is 16.3 Å². The topological polar surface area (TPSA) is 81.8 Å². The van der Waals surface area contributed by atoms with Crippen LogP contribution in [0.2, 0.25) is 5.02 Å². The van der Waals surface area contributed by atoms with Gasteiger partial charge >= 0.3 is 5.97 Å². The van der Waals surface area contributed by atoms with Gasteiger partial charge in [0.15, 0.2) is 17.3 Å². The highest BCUT2D eigenvalue weighted by Gasteiger charge is 2.27. The number of hydrogen-bond donors (Lipinski definition) is 0. The number of nitro benzene ring substituents is 1. The Bertz CT molecular complexity index is 973. The average molecular weight is 365 g/mol. The molecule has 1 aliphatic heterocycles. The molecule has 3 rings (SSSR count). The summed E-state index contributed by atoms with van der Waals surface area (Å²) in [5.41, 5.74) is -0.0521. The lowest BCUT2D eigenvalue weighted by molar-refractivity contribution is -0.384. The molecular weight excluding hydrogens is 358 g/mol. The molecule has 6 nitrogen and oxygen atoms in total. The number of carbonyl (C=O) groups is 1. The van der Waals surface area contributed by atoms with Crippen LogP contribution in [0.5, 0.6) is 0 Å². The number of rotatable bonds is 3. The molecule has 1 aliphatic rings. The van der Waals surface area contributed by atoms with Crippen LogP contribution in [-0.2, 0) is 9.53 Å². The Kier molecular flexibility index (Phi) is 4.28. The Morgan fingerprint density at radius 2 is 1.92 bits per heavy atom. The standard InChI is InChI=1S/C16H7ClF2N2O4/c17-11-7-13(19)12(18)6-10(11)15-20-14(16(22)25-15)5-8-2-1-3-9(4-8)21(23)24/h1-7H. The molecule has 0 spiro atoms. The summed E-state index contributed by atoms with van der Waals surface area (Å²) in [5, 5.41) is 10.6. The van der Waals surface area contributed by atoms with Crippen LogP contribution in [0.4, 0.5) is 14.5 Å². The van der Waals surface area contributed by atoms with Crippen molar-refractivity contribution in [2.75, 3.05) is 0 Å². The number of ether oxygens (including phenoxy) is 1. The third-order valence-electron chi connectivity index (χ3n) is 3.25. The zero-order chi connectivity index (χ0) is 18.1. The Labute approximate surface area is 144 Å². The van der Waals surface area contributed by atoms with Crippen molar-refractivity contribution in [3.63, 3.8) is 0 Å². The predicted molar refractivity (Wildman–Crippen MR) is 85.1 cm³/mol. The van der Waals surface area contributed by atoms with Gasteiger partial charge in [0.1, 0.15) is 0 Å². The van der Waals surface area contributed by atoms with Gasteiger partial charge < -0.3 is 4.74 Å². The molecule has 0 amide bonds. The molecule has 0 fully saturated rings. The maximum absolute atomic E-state index is 13.4. The van der Waals surface area contributed by atoms with Crippen LogP contribution in [0.15, 0.2) is 47.1 Å². The summed E-state index contributed by atoms with van der Waals surface area (Å²) < 4.78 is 31.4. The fraction of sp³-hybridized carbons (Fsp3) is 0. The quantitative estimate of drug-likeness (QED) is 0.272. The van der Waals surface area contributed by atoms with Gasteiger partial charge in [-0.25, -0.2) is 18.6 Å². The Morgan fingerprint density at radius 1 is 1.20 bits per heavy atom. The lowest BCUT2D eigenvalue weighted by atomic mass is 10.1. The number of hydrogen-bond acceptors (Lipinski definition) is 5. The largest absolute Gasteiger partial charge is 0.402 e. The van der Waals surface area contributed by atoms with Gasteiger partial charge in [-0.1, -0.05) is 23.7 Å². The summed E-state index contributed by atoms with van der Waals surface area (Å²) in [6.45, 7) is 0. The van der Waals surface area contributed by atoms with E-state index in [-0.39, 0.29) is 27.9 Å². The SMILES string of the molecule is O=C1OC(c2cc(F)c(F)cc2Cl)=NC1=Cc1cccc([N+](=O)[O-])c1. The second-order valence-electron chi connectivity index (χ2n) is 4.93. The van der Waals surface area contributed by atoms with Gasteiger partial charge in [0.25, 0.3) is 5.69 Å². The van der Waals surface area contributed by atoms with Crippen LogP contribution in [0, 0.1) is 21.7 Å². The zero-order valence-corrected chi connectivity index (χ0v) is 13.0. The molecule has 0 bridgehead atoms. The number of cyclic esters (lactones) is 1. The van der Waals surface area contributed by atoms with E-state index in [1.54, 1.807) is 0 Å². The molecule has 2 aromatic carbocycles. The third-order valence-corrected chi connectivity index (χ3v) is 3.56. The van der Waals surface area contributed by atoms with Crippen molar-refractivity contribution in [1.29, 1.82) is 0 Å². The molecule has 0 aromatic heterocycles. The smallest absolute Gasteiger partial charge is 0.363 e. The number of nitrogens with zero attached hydrogens (tertiary/aromatic N) is 2. The van der Waals surface area contributed by atoms with Crippen molar-refractivity contribution in [2.45, 2.75) is 0 Å². The van der Waals surface area contributed by atoms with Gasteiger partial charge in [-0.15, -0.1) is 0 Å². The Morgan fingerprint density at radius 3 is 2.64 bits per heavy atom. The molecule has 0 radical (unpaired) electrons. The zero-order valence-electron chi connectivity index (χ0n) is 12.2. The van der Waals surface area contributed by atoms with Gasteiger partial charge in [-0.2, -0.15) is 0 Å². The molecule has 9 heteroatoms. The van der Waals surface area contributed by atoms with Crippen LogP contribution >= 0.6 is 11.6 Å². The summed E-state index contributed by atoms with van der Waals surface area (Å²) in [7, 11) is 0. The molecule has 126 valence electrons. The fourth-order valence-electron chi connectivity index (χ4n) is 2.10. The lowest BCUT2D eigenvalue weighted by Gasteiger charge is -2.03. The maximum atomic E-state index is 13.4. The Balaban J connectivity index is 1.99. The van der Waals surface area contributed by atoms with E-state index in [1.807, 2.05) is 0 Å². The molecular formula is C16H7ClF2N2O4. The summed E-state index contributed by atoms with van der Waals surface area (Å²) >= 11 is 5.82. The number of non-ortho nitro benzene ring substituents is 1. The van der Waals surface area contributed by atoms with E-state index in [9.17, 15) is 23.7 Å². The van der Waals surface area contributed by atoms with Gasteiger partial charge in [0.05, 0.1) is 15.5 Å². The molecule has 0 saturated heterocycles. The average Bonchev–Trinajstić information content (AvgIpc) is 2.91. The first-order valence-electron chi connectivity index (χ1n) is 6.77. The van der Waals surface area contributed by atoms with Gasteiger partial charge in [-0.05, 0) is 23.8 Å². The third kappa shape index (κ3) is 3.38. The summed E-state index contributed by atoms with van der Waals surface area (Å²) in [6.07, 6.45) is 1.27. The van der Waals surface area contributed by atoms with Crippen LogP contribution in [0.25, 0.3) is 6.08 Å². The Hall–Kier alpha value is -3.13. The highest BCUT2D eigenvalue weighted by molar-refractivity contribution is 6.34. The molecule has 25 heavy (non-hydrogen) atoms. The van der Waals surface area contributed by atoms with E-state index < -0.39 is 22.5 Å². The number of esters is 1. The van der Waals surface area contributed by atoms with Crippen LogP contribution < -0.4 is 0 Å². The summed E-state index contributed by atoms with van der Waals surface area (Å²) in [5.74, 6) is -3.45.